The van der Waals surface area contributed by atoms with Gasteiger partial charge in [-0.2, -0.15) is 0 Å². The Kier molecular flexibility index (Phi) is 5.14. The summed E-state index contributed by atoms with van der Waals surface area (Å²) in [6, 6.07) is 0.945. The van der Waals surface area contributed by atoms with Crippen molar-refractivity contribution in [3.63, 3.8) is 0 Å². The van der Waals surface area contributed by atoms with E-state index in [0.717, 1.165) is 26.1 Å². The van der Waals surface area contributed by atoms with Crippen LogP contribution in [0, 0.1) is 0 Å². The minimum atomic E-state index is -0.146. The zero-order valence-electron chi connectivity index (χ0n) is 13.1. The quantitative estimate of drug-likeness (QED) is 0.749. The third-order valence-electron chi connectivity index (χ3n) is 5.05. The summed E-state index contributed by atoms with van der Waals surface area (Å²) < 4.78 is 10.9. The van der Waals surface area contributed by atoms with Gasteiger partial charge >= 0.3 is 5.97 Å². The number of carbonyl (C=O) groups excluding carboxylic acids is 1. The molecule has 120 valence electrons. The Morgan fingerprint density at radius 1 is 1.33 bits per heavy atom. The minimum Gasteiger partial charge on any atom is -0.468 e. The fraction of sp³-hybridized carbons (Fsp3) is 0.938. The van der Waals surface area contributed by atoms with Gasteiger partial charge in [0.2, 0.25) is 0 Å². The Bertz CT molecular complexity index is 357. The normalized spacial score (nSPS) is 31.5. The van der Waals surface area contributed by atoms with E-state index in [1.807, 2.05) is 0 Å². The third kappa shape index (κ3) is 3.96. The molecule has 1 N–H and O–H groups in total. The van der Waals surface area contributed by atoms with Gasteiger partial charge in [0, 0.05) is 25.2 Å². The molecule has 2 saturated carbocycles. The van der Waals surface area contributed by atoms with Crippen molar-refractivity contribution in [1.29, 1.82) is 0 Å². The fourth-order valence-corrected chi connectivity index (χ4v) is 3.70. The Morgan fingerprint density at radius 3 is 2.90 bits per heavy atom. The van der Waals surface area contributed by atoms with Gasteiger partial charge in [0.05, 0.1) is 19.8 Å². The highest BCUT2D eigenvalue weighted by Gasteiger charge is 2.35. The van der Waals surface area contributed by atoms with E-state index >= 15 is 0 Å². The summed E-state index contributed by atoms with van der Waals surface area (Å²) in [5, 5.41) is 3.42. The van der Waals surface area contributed by atoms with Crippen LogP contribution >= 0.6 is 0 Å². The summed E-state index contributed by atoms with van der Waals surface area (Å²) in [6.07, 6.45) is 8.68. The van der Waals surface area contributed by atoms with Crippen LogP contribution in [0.15, 0.2) is 0 Å². The van der Waals surface area contributed by atoms with Gasteiger partial charge in [0.1, 0.15) is 6.04 Å². The van der Waals surface area contributed by atoms with Crippen LogP contribution in [0.3, 0.4) is 0 Å². The van der Waals surface area contributed by atoms with E-state index in [-0.39, 0.29) is 12.0 Å². The van der Waals surface area contributed by atoms with Crippen molar-refractivity contribution in [2.75, 3.05) is 26.8 Å². The zero-order valence-corrected chi connectivity index (χ0v) is 13.1. The number of methoxy groups -OCH3 is 1. The van der Waals surface area contributed by atoms with Crippen LogP contribution < -0.4 is 5.32 Å². The standard InChI is InChI=1S/C16H28N2O3/c1-20-16(19)13(17-12-6-7-12)8-9-18-10-11-21-15-5-3-2-4-14(15)18/h12-15,17H,2-11H2,1H3. The fourth-order valence-electron chi connectivity index (χ4n) is 3.70. The van der Waals surface area contributed by atoms with E-state index in [9.17, 15) is 4.79 Å². The molecule has 1 heterocycles. The highest BCUT2D eigenvalue weighted by Crippen LogP contribution is 2.28. The molecule has 3 rings (SSSR count). The van der Waals surface area contributed by atoms with Crippen molar-refractivity contribution in [3.8, 4) is 0 Å². The largest absolute Gasteiger partial charge is 0.468 e. The second kappa shape index (κ2) is 7.07. The predicted octanol–water partition coefficient (Wildman–Crippen LogP) is 1.31. The molecule has 3 atom stereocenters. The summed E-state index contributed by atoms with van der Waals surface area (Å²) >= 11 is 0. The molecule has 5 nitrogen and oxygen atoms in total. The lowest BCUT2D eigenvalue weighted by Crippen LogP contribution is -2.54. The molecular weight excluding hydrogens is 268 g/mol. The maximum Gasteiger partial charge on any atom is 0.322 e. The second-order valence-corrected chi connectivity index (χ2v) is 6.60. The van der Waals surface area contributed by atoms with E-state index in [4.69, 9.17) is 9.47 Å². The molecule has 0 aromatic rings. The van der Waals surface area contributed by atoms with Gasteiger partial charge in [-0.25, -0.2) is 0 Å². The van der Waals surface area contributed by atoms with Gasteiger partial charge in [-0.15, -0.1) is 0 Å². The number of nitrogens with zero attached hydrogens (tertiary/aromatic N) is 1. The van der Waals surface area contributed by atoms with Crippen LogP contribution in [0.4, 0.5) is 0 Å². The van der Waals surface area contributed by atoms with Crippen LogP contribution in [0.5, 0.6) is 0 Å². The summed E-state index contributed by atoms with van der Waals surface area (Å²) in [7, 11) is 1.48. The van der Waals surface area contributed by atoms with Crippen LogP contribution in [-0.2, 0) is 14.3 Å². The van der Waals surface area contributed by atoms with Crippen LogP contribution in [-0.4, -0.2) is 61.9 Å². The summed E-state index contributed by atoms with van der Waals surface area (Å²) in [4.78, 5) is 14.4. The summed E-state index contributed by atoms with van der Waals surface area (Å²) in [5.74, 6) is -0.115. The highest BCUT2D eigenvalue weighted by molar-refractivity contribution is 5.75. The second-order valence-electron chi connectivity index (χ2n) is 6.60. The topological polar surface area (TPSA) is 50.8 Å². The molecule has 0 amide bonds. The average Bonchev–Trinajstić information content (AvgIpc) is 3.34. The van der Waals surface area contributed by atoms with E-state index < -0.39 is 0 Å². The van der Waals surface area contributed by atoms with Crippen molar-refractivity contribution >= 4 is 5.97 Å². The van der Waals surface area contributed by atoms with E-state index in [2.05, 4.69) is 10.2 Å². The number of carbonyl (C=O) groups is 1. The number of hydrogen-bond donors (Lipinski definition) is 1. The summed E-state index contributed by atoms with van der Waals surface area (Å²) in [6.45, 7) is 2.79. The molecule has 0 aromatic heterocycles. The highest BCUT2D eigenvalue weighted by atomic mass is 16.5. The Labute approximate surface area is 127 Å². The van der Waals surface area contributed by atoms with Crippen molar-refractivity contribution < 1.29 is 14.3 Å². The predicted molar refractivity (Wildman–Crippen MR) is 80.1 cm³/mol. The van der Waals surface area contributed by atoms with Gasteiger partial charge in [0.15, 0.2) is 0 Å². The number of rotatable bonds is 6. The van der Waals surface area contributed by atoms with Crippen molar-refractivity contribution in [2.24, 2.45) is 0 Å². The van der Waals surface area contributed by atoms with E-state index in [0.29, 0.717) is 18.2 Å². The zero-order chi connectivity index (χ0) is 14.7. The number of esters is 1. The lowest BCUT2D eigenvalue weighted by molar-refractivity contribution is -0.143. The molecule has 0 bridgehead atoms. The molecule has 1 saturated heterocycles. The SMILES string of the molecule is COC(=O)C(CCN1CCOC2CCCCC21)NC1CC1. The molecule has 3 unspecified atom stereocenters. The van der Waals surface area contributed by atoms with E-state index in [1.165, 1.54) is 45.6 Å². The molecule has 0 radical (unpaired) electrons. The Hall–Kier alpha value is -0.650. The van der Waals surface area contributed by atoms with Gasteiger partial charge < -0.3 is 14.8 Å². The van der Waals surface area contributed by atoms with Gasteiger partial charge in [-0.1, -0.05) is 12.8 Å². The first-order valence-electron chi connectivity index (χ1n) is 8.47. The van der Waals surface area contributed by atoms with Gasteiger partial charge in [-0.05, 0) is 32.1 Å². The number of hydrogen-bond acceptors (Lipinski definition) is 5. The van der Waals surface area contributed by atoms with Crippen molar-refractivity contribution in [2.45, 2.75) is 69.2 Å². The summed E-state index contributed by atoms with van der Waals surface area (Å²) in [5.41, 5.74) is 0. The molecule has 2 aliphatic carbocycles. The Morgan fingerprint density at radius 2 is 2.14 bits per heavy atom. The van der Waals surface area contributed by atoms with Crippen LogP contribution in [0.2, 0.25) is 0 Å². The van der Waals surface area contributed by atoms with E-state index in [1.54, 1.807) is 0 Å². The molecule has 1 aliphatic heterocycles. The third-order valence-corrected chi connectivity index (χ3v) is 5.05. The van der Waals surface area contributed by atoms with Crippen LogP contribution in [0.25, 0.3) is 0 Å². The Balaban J connectivity index is 1.52. The number of fused-ring (bicyclic) bond motifs is 1. The maximum absolute atomic E-state index is 11.9. The molecule has 21 heavy (non-hydrogen) atoms. The molecule has 0 spiro atoms. The first kappa shape index (κ1) is 15.3. The van der Waals surface area contributed by atoms with Gasteiger partial charge in [0.25, 0.3) is 0 Å². The molecule has 0 aromatic carbocycles. The minimum absolute atomic E-state index is 0.115. The van der Waals surface area contributed by atoms with Crippen LogP contribution in [0.1, 0.15) is 44.9 Å². The number of ether oxygens (including phenoxy) is 2. The van der Waals surface area contributed by atoms with Crippen molar-refractivity contribution in [3.05, 3.63) is 0 Å². The first-order chi connectivity index (χ1) is 10.3. The number of nitrogens with one attached hydrogen (secondary N) is 1. The maximum atomic E-state index is 11.9. The molecular formula is C16H28N2O3. The lowest BCUT2D eigenvalue weighted by Gasteiger charge is -2.44. The monoisotopic (exact) mass is 296 g/mol. The lowest BCUT2D eigenvalue weighted by atomic mass is 9.90. The average molecular weight is 296 g/mol. The molecule has 3 aliphatic rings. The molecule has 3 fully saturated rings. The smallest absolute Gasteiger partial charge is 0.322 e. The number of morpholine rings is 1. The van der Waals surface area contributed by atoms with Crippen molar-refractivity contribution in [1.82, 2.24) is 10.2 Å². The van der Waals surface area contributed by atoms with Gasteiger partial charge in [-0.3, -0.25) is 9.69 Å². The first-order valence-corrected chi connectivity index (χ1v) is 8.47. The molecule has 5 heteroatoms.